The number of carboxylic acid groups (broad SMARTS) is 1. The third-order valence-electron chi connectivity index (χ3n) is 3.02. The van der Waals surface area contributed by atoms with E-state index in [1.807, 2.05) is 20.8 Å². The number of hydrogen-bond donors (Lipinski definition) is 2. The van der Waals surface area contributed by atoms with Crippen LogP contribution in [0.2, 0.25) is 0 Å². The topological polar surface area (TPSA) is 86.7 Å². The number of carbonyl (C=O) groups excluding carboxylic acids is 2. The zero-order valence-electron chi connectivity index (χ0n) is 11.7. The molecule has 0 aromatic carbocycles. The molecule has 0 aromatic rings. The first-order chi connectivity index (χ1) is 8.69. The Morgan fingerprint density at radius 2 is 1.95 bits per heavy atom. The van der Waals surface area contributed by atoms with Crippen molar-refractivity contribution in [3.8, 4) is 0 Å². The van der Waals surface area contributed by atoms with Gasteiger partial charge in [0.05, 0.1) is 12.5 Å². The minimum Gasteiger partial charge on any atom is -0.481 e. The highest BCUT2D eigenvalue weighted by Gasteiger charge is 2.30. The molecule has 1 rings (SSSR count). The van der Waals surface area contributed by atoms with Gasteiger partial charge >= 0.3 is 5.97 Å². The van der Waals surface area contributed by atoms with Gasteiger partial charge in [0.1, 0.15) is 0 Å². The van der Waals surface area contributed by atoms with E-state index in [0.29, 0.717) is 19.4 Å². The van der Waals surface area contributed by atoms with Crippen LogP contribution < -0.4 is 5.32 Å². The highest BCUT2D eigenvalue weighted by molar-refractivity contribution is 5.85. The van der Waals surface area contributed by atoms with E-state index < -0.39 is 11.9 Å². The van der Waals surface area contributed by atoms with Gasteiger partial charge in [-0.1, -0.05) is 20.8 Å². The van der Waals surface area contributed by atoms with Crippen molar-refractivity contribution >= 4 is 17.8 Å². The molecule has 2 N–H and O–H groups in total. The minimum absolute atomic E-state index is 0.0543. The highest BCUT2D eigenvalue weighted by atomic mass is 16.4. The largest absolute Gasteiger partial charge is 0.481 e. The van der Waals surface area contributed by atoms with E-state index in [9.17, 15) is 14.4 Å². The molecule has 1 heterocycles. The lowest BCUT2D eigenvalue weighted by Crippen LogP contribution is -2.40. The van der Waals surface area contributed by atoms with Gasteiger partial charge in [-0.2, -0.15) is 0 Å². The summed E-state index contributed by atoms with van der Waals surface area (Å²) in [5.74, 6) is -1.72. The predicted molar refractivity (Wildman–Crippen MR) is 69.4 cm³/mol. The second-order valence-electron chi connectivity index (χ2n) is 6.18. The van der Waals surface area contributed by atoms with Crippen molar-refractivity contribution in [3.05, 3.63) is 0 Å². The van der Waals surface area contributed by atoms with Gasteiger partial charge < -0.3 is 15.3 Å². The molecule has 0 spiro atoms. The van der Waals surface area contributed by atoms with Crippen LogP contribution in [0.3, 0.4) is 0 Å². The molecule has 0 saturated carbocycles. The molecule has 2 amide bonds. The molecule has 1 aliphatic rings. The summed E-state index contributed by atoms with van der Waals surface area (Å²) in [5, 5.41) is 11.4. The zero-order valence-corrected chi connectivity index (χ0v) is 11.7. The molecule has 0 aliphatic carbocycles. The summed E-state index contributed by atoms with van der Waals surface area (Å²) in [6.45, 7) is 6.49. The second-order valence-corrected chi connectivity index (χ2v) is 6.18. The van der Waals surface area contributed by atoms with Crippen molar-refractivity contribution in [2.45, 2.75) is 33.6 Å². The fourth-order valence-electron chi connectivity index (χ4n) is 2.02. The van der Waals surface area contributed by atoms with E-state index in [4.69, 9.17) is 5.11 Å². The Bertz CT molecular complexity index is 373. The predicted octanol–water partition coefficient (Wildman–Crippen LogP) is 0.472. The Balaban J connectivity index is 2.33. The van der Waals surface area contributed by atoms with Gasteiger partial charge in [0.2, 0.25) is 11.8 Å². The number of nitrogens with zero attached hydrogens (tertiary/aromatic N) is 1. The van der Waals surface area contributed by atoms with Crippen molar-refractivity contribution in [1.82, 2.24) is 10.2 Å². The number of nitrogens with one attached hydrogen (secondary N) is 1. The molecular formula is C13H22N2O4. The first kappa shape index (κ1) is 15.5. The zero-order chi connectivity index (χ0) is 14.6. The van der Waals surface area contributed by atoms with E-state index in [-0.39, 0.29) is 30.3 Å². The molecule has 108 valence electrons. The summed E-state index contributed by atoms with van der Waals surface area (Å²) in [4.78, 5) is 35.7. The van der Waals surface area contributed by atoms with Crippen molar-refractivity contribution in [3.63, 3.8) is 0 Å². The van der Waals surface area contributed by atoms with Gasteiger partial charge in [-0.3, -0.25) is 14.4 Å². The van der Waals surface area contributed by atoms with Gasteiger partial charge in [-0.05, 0) is 11.8 Å². The van der Waals surface area contributed by atoms with Crippen LogP contribution in [0.25, 0.3) is 0 Å². The van der Waals surface area contributed by atoms with Crippen LogP contribution in [0.4, 0.5) is 0 Å². The molecule has 0 bridgehead atoms. The van der Waals surface area contributed by atoms with Gasteiger partial charge in [0.25, 0.3) is 0 Å². The van der Waals surface area contributed by atoms with Gasteiger partial charge in [-0.15, -0.1) is 0 Å². The Hall–Kier alpha value is -1.59. The van der Waals surface area contributed by atoms with Crippen LogP contribution >= 0.6 is 0 Å². The van der Waals surface area contributed by atoms with Crippen molar-refractivity contribution in [2.24, 2.45) is 11.3 Å². The molecular weight excluding hydrogens is 248 g/mol. The number of hydrogen-bond acceptors (Lipinski definition) is 3. The van der Waals surface area contributed by atoms with Crippen molar-refractivity contribution < 1.29 is 19.5 Å². The fourth-order valence-corrected chi connectivity index (χ4v) is 2.02. The Morgan fingerprint density at radius 1 is 1.32 bits per heavy atom. The smallest absolute Gasteiger partial charge is 0.308 e. The normalized spacial score (nSPS) is 19.3. The van der Waals surface area contributed by atoms with E-state index >= 15 is 0 Å². The lowest BCUT2D eigenvalue weighted by Gasteiger charge is -2.19. The number of aliphatic carboxylic acids is 1. The maximum Gasteiger partial charge on any atom is 0.308 e. The van der Waals surface area contributed by atoms with Gasteiger partial charge in [-0.25, -0.2) is 0 Å². The van der Waals surface area contributed by atoms with E-state index in [1.165, 1.54) is 4.90 Å². The summed E-state index contributed by atoms with van der Waals surface area (Å²) in [6, 6.07) is 0. The number of rotatable bonds is 4. The number of amides is 2. The van der Waals surface area contributed by atoms with Crippen LogP contribution in [-0.2, 0) is 14.4 Å². The number of carboxylic acids is 1. The third kappa shape index (κ3) is 5.28. The van der Waals surface area contributed by atoms with Crippen molar-refractivity contribution in [2.75, 3.05) is 19.6 Å². The summed E-state index contributed by atoms with van der Waals surface area (Å²) >= 11 is 0. The summed E-state index contributed by atoms with van der Waals surface area (Å²) < 4.78 is 0. The van der Waals surface area contributed by atoms with Crippen LogP contribution in [0.1, 0.15) is 33.6 Å². The van der Waals surface area contributed by atoms with Crippen LogP contribution in [0.15, 0.2) is 0 Å². The Kier molecular flexibility index (Phi) is 4.91. The molecule has 0 aromatic heterocycles. The standard InChI is InChI=1S/C13H22N2O4/c1-13(2,3)6-10(16)14-7-11(17)15-5-4-9(8-15)12(18)19/h9H,4-8H2,1-3H3,(H,14,16)(H,18,19). The first-order valence-corrected chi connectivity index (χ1v) is 6.46. The minimum atomic E-state index is -0.868. The molecule has 1 aliphatic heterocycles. The Morgan fingerprint density at radius 3 is 2.42 bits per heavy atom. The number of carbonyl (C=O) groups is 3. The molecule has 6 heteroatoms. The maximum absolute atomic E-state index is 11.8. The summed E-state index contributed by atoms with van der Waals surface area (Å²) in [7, 11) is 0. The second kappa shape index (κ2) is 6.04. The molecule has 1 unspecified atom stereocenters. The van der Waals surface area contributed by atoms with E-state index in [0.717, 1.165) is 0 Å². The van der Waals surface area contributed by atoms with E-state index in [1.54, 1.807) is 0 Å². The monoisotopic (exact) mass is 270 g/mol. The molecule has 6 nitrogen and oxygen atoms in total. The summed E-state index contributed by atoms with van der Waals surface area (Å²) in [6.07, 6.45) is 0.842. The molecule has 19 heavy (non-hydrogen) atoms. The molecule has 1 atom stereocenters. The quantitative estimate of drug-likeness (QED) is 0.777. The van der Waals surface area contributed by atoms with Crippen LogP contribution in [0, 0.1) is 11.3 Å². The Labute approximate surface area is 113 Å². The summed E-state index contributed by atoms with van der Waals surface area (Å²) in [5.41, 5.74) is -0.116. The molecule has 1 fully saturated rings. The van der Waals surface area contributed by atoms with E-state index in [2.05, 4.69) is 5.32 Å². The third-order valence-corrected chi connectivity index (χ3v) is 3.02. The average Bonchev–Trinajstić information content (AvgIpc) is 2.72. The fraction of sp³-hybridized carbons (Fsp3) is 0.769. The SMILES string of the molecule is CC(C)(C)CC(=O)NCC(=O)N1CCC(C(=O)O)C1. The van der Waals surface area contributed by atoms with Crippen molar-refractivity contribution in [1.29, 1.82) is 0 Å². The first-order valence-electron chi connectivity index (χ1n) is 6.46. The average molecular weight is 270 g/mol. The maximum atomic E-state index is 11.8. The van der Waals surface area contributed by atoms with Crippen LogP contribution in [-0.4, -0.2) is 47.4 Å². The molecule has 0 radical (unpaired) electrons. The lowest BCUT2D eigenvalue weighted by molar-refractivity contribution is -0.141. The highest BCUT2D eigenvalue weighted by Crippen LogP contribution is 2.18. The van der Waals surface area contributed by atoms with Crippen LogP contribution in [0.5, 0.6) is 0 Å². The van der Waals surface area contributed by atoms with Gasteiger partial charge in [0, 0.05) is 19.5 Å². The lowest BCUT2D eigenvalue weighted by atomic mass is 9.92. The van der Waals surface area contributed by atoms with Gasteiger partial charge in [0.15, 0.2) is 0 Å². The molecule has 1 saturated heterocycles. The number of likely N-dealkylation sites (tertiary alicyclic amines) is 1.